The maximum absolute atomic E-state index is 12.1. The van der Waals surface area contributed by atoms with Crippen molar-refractivity contribution in [2.24, 2.45) is 0 Å². The minimum atomic E-state index is -2.42. The smallest absolute Gasteiger partial charge is 0.290 e. The van der Waals surface area contributed by atoms with Crippen LogP contribution in [0, 0.1) is 0 Å². The zero-order valence-electron chi connectivity index (χ0n) is 12.3. The van der Waals surface area contributed by atoms with Crippen LogP contribution in [0.25, 0.3) is 0 Å². The molecular weight excluding hydrogens is 244 g/mol. The molecule has 18 heavy (non-hydrogen) atoms. The van der Waals surface area contributed by atoms with Gasteiger partial charge in [0.1, 0.15) is 0 Å². The molecular formula is C13H26N2O2Si. The van der Waals surface area contributed by atoms with E-state index in [0.717, 1.165) is 0 Å². The maximum Gasteiger partial charge on any atom is 0.290 e. The zero-order chi connectivity index (χ0) is 14.3. The summed E-state index contributed by atoms with van der Waals surface area (Å²) in [7, 11) is -2.42. The van der Waals surface area contributed by atoms with Crippen LogP contribution in [0.3, 0.4) is 0 Å². The third kappa shape index (κ3) is 3.22. The molecule has 0 saturated carbocycles. The number of carbonyl (C=O) groups is 2. The van der Waals surface area contributed by atoms with Crippen LogP contribution in [0.5, 0.6) is 0 Å². The van der Waals surface area contributed by atoms with Gasteiger partial charge < -0.3 is 9.13 Å². The van der Waals surface area contributed by atoms with E-state index in [-0.39, 0.29) is 11.8 Å². The summed E-state index contributed by atoms with van der Waals surface area (Å²) in [6.07, 6.45) is 0.921. The lowest BCUT2D eigenvalue weighted by atomic mass is 10.4. The van der Waals surface area contributed by atoms with Gasteiger partial charge >= 0.3 is 0 Å². The lowest BCUT2D eigenvalue weighted by Crippen LogP contribution is -2.65. The Balaban J connectivity index is 5.47. The fourth-order valence-corrected chi connectivity index (χ4v) is 5.58. The Morgan fingerprint density at radius 1 is 1.00 bits per heavy atom. The molecule has 0 heterocycles. The second kappa shape index (κ2) is 7.36. The van der Waals surface area contributed by atoms with Gasteiger partial charge in [-0.05, 0) is 20.4 Å². The lowest BCUT2D eigenvalue weighted by molar-refractivity contribution is -0.129. The van der Waals surface area contributed by atoms with Crippen molar-refractivity contribution in [3.05, 3.63) is 12.3 Å². The Bertz CT molecular complexity index is 294. The summed E-state index contributed by atoms with van der Waals surface area (Å²) in [4.78, 5) is 24.1. The van der Waals surface area contributed by atoms with Gasteiger partial charge in [-0.15, -0.1) is 6.58 Å². The van der Waals surface area contributed by atoms with Crippen LogP contribution >= 0.6 is 0 Å². The molecule has 0 unspecified atom stereocenters. The first kappa shape index (κ1) is 16.9. The topological polar surface area (TPSA) is 40.6 Å². The molecule has 0 aliphatic heterocycles. The third-order valence-corrected chi connectivity index (χ3v) is 7.41. The Labute approximate surface area is 112 Å². The van der Waals surface area contributed by atoms with Crippen molar-refractivity contribution < 1.29 is 9.59 Å². The molecule has 104 valence electrons. The monoisotopic (exact) mass is 270 g/mol. The summed E-state index contributed by atoms with van der Waals surface area (Å²) in [5.41, 5.74) is 1.82. The van der Waals surface area contributed by atoms with Crippen LogP contribution in [0.1, 0.15) is 40.5 Å². The third-order valence-electron chi connectivity index (χ3n) is 3.32. The van der Waals surface area contributed by atoms with Gasteiger partial charge in [0.15, 0.2) is 0 Å². The molecule has 0 bridgehead atoms. The van der Waals surface area contributed by atoms with Crippen molar-refractivity contribution in [3.8, 4) is 0 Å². The van der Waals surface area contributed by atoms with Crippen LogP contribution in [-0.4, -0.2) is 42.4 Å². The predicted octanol–water partition coefficient (Wildman–Crippen LogP) is 2.30. The van der Waals surface area contributed by atoms with E-state index in [1.165, 1.54) is 0 Å². The van der Waals surface area contributed by atoms with E-state index in [1.807, 2.05) is 49.1 Å². The van der Waals surface area contributed by atoms with E-state index in [9.17, 15) is 9.59 Å². The summed E-state index contributed by atoms with van der Waals surface area (Å²) in [5, 5.41) is 0. The van der Waals surface area contributed by atoms with Crippen LogP contribution in [-0.2, 0) is 9.59 Å². The fraction of sp³-hybridized carbons (Fsp3) is 0.692. The van der Waals surface area contributed by atoms with E-state index in [1.54, 1.807) is 0 Å². The average molecular weight is 270 g/mol. The van der Waals surface area contributed by atoms with E-state index >= 15 is 0 Å². The molecule has 5 heteroatoms. The van der Waals surface area contributed by atoms with E-state index in [2.05, 4.69) is 6.58 Å². The molecule has 4 nitrogen and oxygen atoms in total. The molecule has 0 aliphatic rings. The van der Waals surface area contributed by atoms with Gasteiger partial charge in [0, 0.05) is 25.9 Å². The van der Waals surface area contributed by atoms with Crippen molar-refractivity contribution in [2.75, 3.05) is 13.1 Å². The molecule has 0 fully saturated rings. The van der Waals surface area contributed by atoms with Crippen molar-refractivity contribution in [3.63, 3.8) is 0 Å². The predicted molar refractivity (Wildman–Crippen MR) is 77.2 cm³/mol. The van der Waals surface area contributed by atoms with Gasteiger partial charge in [0.25, 0.3) is 8.40 Å². The van der Waals surface area contributed by atoms with Gasteiger partial charge in [-0.25, -0.2) is 0 Å². The lowest BCUT2D eigenvalue weighted by Gasteiger charge is -2.44. The first-order valence-electron chi connectivity index (χ1n) is 6.67. The highest BCUT2D eigenvalue weighted by atomic mass is 28.3. The summed E-state index contributed by atoms with van der Waals surface area (Å²) in [6, 6.07) is 0. The molecule has 0 radical (unpaired) electrons. The molecule has 0 saturated heterocycles. The molecule has 0 rings (SSSR count). The van der Waals surface area contributed by atoms with Crippen LogP contribution < -0.4 is 0 Å². The van der Waals surface area contributed by atoms with E-state index in [4.69, 9.17) is 0 Å². The summed E-state index contributed by atoms with van der Waals surface area (Å²) < 4.78 is 3.69. The molecule has 0 spiro atoms. The number of rotatable bonds is 7. The summed E-state index contributed by atoms with van der Waals surface area (Å²) >= 11 is 0. The number of carbonyl (C=O) groups excluding carboxylic acids is 2. The largest absolute Gasteiger partial charge is 0.349 e. The fourth-order valence-electron chi connectivity index (χ4n) is 2.25. The highest BCUT2D eigenvalue weighted by molar-refractivity contribution is 6.81. The number of hydrogen-bond donors (Lipinski definition) is 0. The minimum absolute atomic E-state index is 0.0916. The van der Waals surface area contributed by atoms with Gasteiger partial charge in [0.2, 0.25) is 11.8 Å². The summed E-state index contributed by atoms with van der Waals surface area (Å²) in [6.45, 7) is 14.7. The molecule has 0 aromatic heterocycles. The first-order chi connectivity index (χ1) is 8.42. The zero-order valence-corrected chi connectivity index (χ0v) is 13.3. The number of hydrogen-bond acceptors (Lipinski definition) is 2. The molecule has 0 N–H and O–H groups in total. The number of amides is 2. The first-order valence-corrected chi connectivity index (χ1v) is 9.14. The SMILES string of the molecule is C=C[Si](C)(N(CC)C(=O)CC)N(CC)C(=O)CC. The van der Waals surface area contributed by atoms with Crippen molar-refractivity contribution in [1.29, 1.82) is 0 Å². The molecule has 0 aromatic carbocycles. The van der Waals surface area contributed by atoms with E-state index < -0.39 is 8.40 Å². The average Bonchev–Trinajstić information content (AvgIpc) is 2.39. The second-order valence-electron chi connectivity index (χ2n) is 4.28. The molecule has 2 amide bonds. The van der Waals surface area contributed by atoms with E-state index in [0.29, 0.717) is 25.9 Å². The van der Waals surface area contributed by atoms with Crippen LogP contribution in [0.15, 0.2) is 12.3 Å². The Hall–Kier alpha value is -1.10. The van der Waals surface area contributed by atoms with Crippen molar-refractivity contribution in [1.82, 2.24) is 9.13 Å². The highest BCUT2D eigenvalue weighted by Crippen LogP contribution is 2.19. The Morgan fingerprint density at radius 2 is 1.33 bits per heavy atom. The maximum atomic E-state index is 12.1. The van der Waals surface area contributed by atoms with Gasteiger partial charge in [-0.3, -0.25) is 9.59 Å². The van der Waals surface area contributed by atoms with Crippen molar-refractivity contribution in [2.45, 2.75) is 47.1 Å². The van der Waals surface area contributed by atoms with Gasteiger partial charge in [-0.2, -0.15) is 0 Å². The quantitative estimate of drug-likeness (QED) is 0.666. The second-order valence-corrected chi connectivity index (χ2v) is 7.96. The minimum Gasteiger partial charge on any atom is -0.349 e. The molecule has 0 atom stereocenters. The van der Waals surface area contributed by atoms with Crippen LogP contribution in [0.2, 0.25) is 6.55 Å². The molecule has 0 aromatic rings. The Kier molecular flexibility index (Phi) is 6.91. The van der Waals surface area contributed by atoms with Crippen molar-refractivity contribution >= 4 is 20.2 Å². The highest BCUT2D eigenvalue weighted by Gasteiger charge is 2.41. The van der Waals surface area contributed by atoms with Crippen LogP contribution in [0.4, 0.5) is 0 Å². The van der Waals surface area contributed by atoms with Gasteiger partial charge in [0.05, 0.1) is 0 Å². The van der Waals surface area contributed by atoms with Gasteiger partial charge in [-0.1, -0.05) is 19.5 Å². The Morgan fingerprint density at radius 3 is 1.50 bits per heavy atom. The molecule has 0 aliphatic carbocycles. The number of nitrogens with zero attached hydrogens (tertiary/aromatic N) is 2. The standard InChI is InChI=1S/C13H26N2O2Si/c1-7-12(16)14(9-3)18(6,11-5)15(10-4)13(17)8-2/h11H,5,7-10H2,1-4,6H3. The normalized spacial score (nSPS) is 10.9. The summed E-state index contributed by atoms with van der Waals surface area (Å²) in [5.74, 6) is 0.183.